The van der Waals surface area contributed by atoms with Crippen LogP contribution in [0.5, 0.6) is 0 Å². The van der Waals surface area contributed by atoms with Crippen LogP contribution in [-0.4, -0.2) is 41.6 Å². The van der Waals surface area contributed by atoms with Gasteiger partial charge in [0.2, 0.25) is 5.95 Å². The molecule has 1 aromatic heterocycles. The highest BCUT2D eigenvalue weighted by atomic mass is 35.5. The van der Waals surface area contributed by atoms with Crippen LogP contribution >= 0.6 is 11.6 Å². The summed E-state index contributed by atoms with van der Waals surface area (Å²) in [5, 5.41) is 0. The molecule has 5 heteroatoms. The van der Waals surface area contributed by atoms with Crippen LogP contribution in [0.2, 0.25) is 0 Å². The summed E-state index contributed by atoms with van der Waals surface area (Å²) in [5.41, 5.74) is 2.05. The summed E-state index contributed by atoms with van der Waals surface area (Å²) in [7, 11) is 0. The molecule has 1 saturated heterocycles. The van der Waals surface area contributed by atoms with E-state index in [4.69, 9.17) is 16.3 Å². The summed E-state index contributed by atoms with van der Waals surface area (Å²) < 4.78 is 5.66. The van der Waals surface area contributed by atoms with Gasteiger partial charge in [-0.1, -0.05) is 0 Å². The van der Waals surface area contributed by atoms with Crippen LogP contribution in [-0.2, 0) is 4.74 Å². The number of alkyl halides is 1. The van der Waals surface area contributed by atoms with E-state index >= 15 is 0 Å². The first-order valence-corrected chi connectivity index (χ1v) is 6.97. The van der Waals surface area contributed by atoms with Gasteiger partial charge in [0.15, 0.2) is 0 Å². The van der Waals surface area contributed by atoms with Crippen LogP contribution in [0.4, 0.5) is 5.95 Å². The minimum absolute atomic E-state index is 0.339. The molecule has 0 saturated carbocycles. The molecule has 2 rings (SSSR count). The molecule has 1 aliphatic rings. The number of ether oxygens (including phenoxy) is 1. The Morgan fingerprint density at radius 1 is 1.28 bits per heavy atom. The van der Waals surface area contributed by atoms with Crippen molar-refractivity contribution < 1.29 is 4.74 Å². The standard InChI is InChI=1S/C13H20ClN3O/c1-10-9-11(2)16-13(15-10)17-6-3-12(4-7-17)18-8-5-14/h9,12H,3-8H2,1-2H3. The predicted molar refractivity (Wildman–Crippen MR) is 73.4 cm³/mol. The van der Waals surface area contributed by atoms with Crippen LogP contribution in [0.15, 0.2) is 6.07 Å². The van der Waals surface area contributed by atoms with Crippen molar-refractivity contribution in [1.29, 1.82) is 0 Å². The van der Waals surface area contributed by atoms with Crippen LogP contribution in [0, 0.1) is 13.8 Å². The van der Waals surface area contributed by atoms with Gasteiger partial charge in [0.05, 0.1) is 12.7 Å². The molecule has 0 amide bonds. The van der Waals surface area contributed by atoms with Gasteiger partial charge >= 0.3 is 0 Å². The molecule has 0 spiro atoms. The van der Waals surface area contributed by atoms with Crippen LogP contribution in [0.25, 0.3) is 0 Å². The lowest BCUT2D eigenvalue weighted by Gasteiger charge is -2.32. The maximum absolute atomic E-state index is 5.66. The van der Waals surface area contributed by atoms with Crippen LogP contribution < -0.4 is 4.90 Å². The van der Waals surface area contributed by atoms with Gasteiger partial charge in [0.25, 0.3) is 0 Å². The number of nitrogens with zero attached hydrogens (tertiary/aromatic N) is 3. The molecule has 2 heterocycles. The van der Waals surface area contributed by atoms with Crippen molar-refractivity contribution in [2.45, 2.75) is 32.8 Å². The van der Waals surface area contributed by atoms with E-state index in [-0.39, 0.29) is 0 Å². The van der Waals surface area contributed by atoms with Gasteiger partial charge in [-0.15, -0.1) is 11.6 Å². The van der Waals surface area contributed by atoms with E-state index in [0.717, 1.165) is 43.3 Å². The average Bonchev–Trinajstić information content (AvgIpc) is 2.36. The number of aromatic nitrogens is 2. The van der Waals surface area contributed by atoms with Gasteiger partial charge < -0.3 is 9.64 Å². The summed E-state index contributed by atoms with van der Waals surface area (Å²) in [6.07, 6.45) is 2.38. The molecule has 0 aromatic carbocycles. The predicted octanol–water partition coefficient (Wildman–Crippen LogP) is 2.32. The summed E-state index contributed by atoms with van der Waals surface area (Å²) in [4.78, 5) is 11.2. The van der Waals surface area contributed by atoms with E-state index in [1.54, 1.807) is 0 Å². The number of hydrogen-bond donors (Lipinski definition) is 0. The molecular weight excluding hydrogens is 250 g/mol. The van der Waals surface area contributed by atoms with Gasteiger partial charge in [-0.3, -0.25) is 0 Å². The second kappa shape index (κ2) is 6.34. The van der Waals surface area contributed by atoms with Crippen molar-refractivity contribution in [1.82, 2.24) is 9.97 Å². The molecule has 0 unspecified atom stereocenters. The highest BCUT2D eigenvalue weighted by Gasteiger charge is 2.21. The Morgan fingerprint density at radius 3 is 2.44 bits per heavy atom. The zero-order valence-electron chi connectivity index (χ0n) is 11.0. The zero-order chi connectivity index (χ0) is 13.0. The first-order chi connectivity index (χ1) is 8.69. The molecular formula is C13H20ClN3O. The Labute approximate surface area is 113 Å². The van der Waals surface area contributed by atoms with E-state index in [1.807, 2.05) is 19.9 Å². The van der Waals surface area contributed by atoms with Crippen molar-refractivity contribution in [2.75, 3.05) is 30.5 Å². The highest BCUT2D eigenvalue weighted by Crippen LogP contribution is 2.18. The van der Waals surface area contributed by atoms with Crippen molar-refractivity contribution >= 4 is 17.5 Å². The molecule has 0 atom stereocenters. The van der Waals surface area contributed by atoms with E-state index in [9.17, 15) is 0 Å². The molecule has 0 radical (unpaired) electrons. The lowest BCUT2D eigenvalue weighted by Crippen LogP contribution is -2.38. The van der Waals surface area contributed by atoms with E-state index in [0.29, 0.717) is 18.6 Å². The molecule has 0 bridgehead atoms. The van der Waals surface area contributed by atoms with Gasteiger partial charge in [-0.05, 0) is 32.8 Å². The Bertz CT molecular complexity index is 372. The number of piperidine rings is 1. The molecule has 1 aromatic rings. The third-order valence-corrected chi connectivity index (χ3v) is 3.28. The van der Waals surface area contributed by atoms with Crippen LogP contribution in [0.3, 0.4) is 0 Å². The summed E-state index contributed by atoms with van der Waals surface area (Å²) in [5.74, 6) is 1.42. The SMILES string of the molecule is Cc1cc(C)nc(N2CCC(OCCCl)CC2)n1. The first-order valence-electron chi connectivity index (χ1n) is 6.44. The molecule has 0 aliphatic carbocycles. The van der Waals surface area contributed by atoms with Gasteiger partial charge in [0, 0.05) is 30.4 Å². The normalized spacial score (nSPS) is 17.2. The number of aryl methyl sites for hydroxylation is 2. The number of anilines is 1. The molecule has 18 heavy (non-hydrogen) atoms. The maximum Gasteiger partial charge on any atom is 0.225 e. The third-order valence-electron chi connectivity index (χ3n) is 3.13. The third kappa shape index (κ3) is 3.56. The topological polar surface area (TPSA) is 38.2 Å². The zero-order valence-corrected chi connectivity index (χ0v) is 11.8. The number of rotatable bonds is 4. The highest BCUT2D eigenvalue weighted by molar-refractivity contribution is 6.17. The monoisotopic (exact) mass is 269 g/mol. The summed E-state index contributed by atoms with van der Waals surface area (Å²) in [6.45, 7) is 6.57. The molecule has 4 nitrogen and oxygen atoms in total. The lowest BCUT2D eigenvalue weighted by atomic mass is 10.1. The molecule has 1 aliphatic heterocycles. The van der Waals surface area contributed by atoms with Crippen molar-refractivity contribution in [2.24, 2.45) is 0 Å². The number of halogens is 1. The smallest absolute Gasteiger partial charge is 0.225 e. The van der Waals surface area contributed by atoms with E-state index in [1.165, 1.54) is 0 Å². The first kappa shape index (κ1) is 13.6. The largest absolute Gasteiger partial charge is 0.377 e. The van der Waals surface area contributed by atoms with Crippen molar-refractivity contribution in [3.63, 3.8) is 0 Å². The van der Waals surface area contributed by atoms with Gasteiger partial charge in [-0.25, -0.2) is 9.97 Å². The Hall–Kier alpha value is -0.870. The van der Waals surface area contributed by atoms with Gasteiger partial charge in [0.1, 0.15) is 0 Å². The minimum Gasteiger partial charge on any atom is -0.377 e. The molecule has 0 N–H and O–H groups in total. The summed E-state index contributed by atoms with van der Waals surface area (Å²) in [6, 6.07) is 2.00. The Balaban J connectivity index is 1.92. The van der Waals surface area contributed by atoms with Gasteiger partial charge in [-0.2, -0.15) is 0 Å². The average molecular weight is 270 g/mol. The fourth-order valence-electron chi connectivity index (χ4n) is 2.28. The molecule has 100 valence electrons. The van der Waals surface area contributed by atoms with E-state index < -0.39 is 0 Å². The summed E-state index contributed by atoms with van der Waals surface area (Å²) >= 11 is 5.62. The van der Waals surface area contributed by atoms with Crippen molar-refractivity contribution in [3.05, 3.63) is 17.5 Å². The quantitative estimate of drug-likeness (QED) is 0.787. The van der Waals surface area contributed by atoms with Crippen LogP contribution in [0.1, 0.15) is 24.2 Å². The van der Waals surface area contributed by atoms with Crippen molar-refractivity contribution in [3.8, 4) is 0 Å². The second-order valence-electron chi connectivity index (χ2n) is 4.70. The minimum atomic E-state index is 0.339. The van der Waals surface area contributed by atoms with E-state index in [2.05, 4.69) is 14.9 Å². The maximum atomic E-state index is 5.66. The fraction of sp³-hybridized carbons (Fsp3) is 0.692. The molecule has 1 fully saturated rings. The lowest BCUT2D eigenvalue weighted by molar-refractivity contribution is 0.0470. The fourth-order valence-corrected chi connectivity index (χ4v) is 2.37. The second-order valence-corrected chi connectivity index (χ2v) is 5.07. The Kier molecular flexibility index (Phi) is 4.78. The number of hydrogen-bond acceptors (Lipinski definition) is 4. The Morgan fingerprint density at radius 2 is 1.89 bits per heavy atom.